The van der Waals surface area contributed by atoms with E-state index in [4.69, 9.17) is 22.5 Å². The highest BCUT2D eigenvalue weighted by atomic mass is 35.9. The molecule has 1 heterocycles. The fourth-order valence-electron chi connectivity index (χ4n) is 2.85. The van der Waals surface area contributed by atoms with Crippen molar-refractivity contribution in [2.75, 3.05) is 19.3 Å². The molecule has 1 aliphatic rings. The minimum absolute atomic E-state index is 0.0940. The summed E-state index contributed by atoms with van der Waals surface area (Å²) < 4.78 is 0. The second-order valence-electron chi connectivity index (χ2n) is 5.39. The van der Waals surface area contributed by atoms with Gasteiger partial charge >= 0.3 is 0 Å². The van der Waals surface area contributed by atoms with Crippen LogP contribution in [-0.2, 0) is 0 Å². The topological polar surface area (TPSA) is 15.3 Å². The fraction of sp³-hybridized carbons (Fsp3) is 0.786. The largest absolute Gasteiger partial charge is 0.255 e. The van der Waals surface area contributed by atoms with Crippen molar-refractivity contribution in [3.63, 3.8) is 0 Å². The van der Waals surface area contributed by atoms with Gasteiger partial charge in [0, 0.05) is 30.4 Å². The highest BCUT2D eigenvalue weighted by Gasteiger charge is 2.42. The van der Waals surface area contributed by atoms with Crippen LogP contribution >= 0.6 is 37.3 Å². The molecule has 6 heteroatoms. The van der Waals surface area contributed by atoms with Gasteiger partial charge in [-0.05, 0) is 38.6 Å². The molecule has 0 aliphatic carbocycles. The quantitative estimate of drug-likeness (QED) is 0.496. The minimum atomic E-state index is -0.958. The lowest BCUT2D eigenvalue weighted by atomic mass is 9.90. The van der Waals surface area contributed by atoms with E-state index in [9.17, 15) is 0 Å². The van der Waals surface area contributed by atoms with Crippen molar-refractivity contribution in [3.05, 3.63) is 11.1 Å². The molecule has 1 rings (SSSR count). The van der Waals surface area contributed by atoms with Gasteiger partial charge in [-0.3, -0.25) is 5.43 Å². The monoisotopic (exact) mass is 354 g/mol. The summed E-state index contributed by atoms with van der Waals surface area (Å²) in [4.78, 5) is 0. The maximum absolute atomic E-state index is 6.18. The summed E-state index contributed by atoms with van der Waals surface area (Å²) in [6.07, 6.45) is 0.834. The van der Waals surface area contributed by atoms with E-state index < -0.39 is 6.63 Å². The second-order valence-corrected chi connectivity index (χ2v) is 11.2. The van der Waals surface area contributed by atoms with Crippen LogP contribution in [0.15, 0.2) is 11.1 Å². The number of hydrogen-bond acceptors (Lipinski definition) is 2. The van der Waals surface area contributed by atoms with Gasteiger partial charge in [-0.2, -0.15) is 0 Å². The van der Waals surface area contributed by atoms with E-state index in [1.54, 1.807) is 0 Å². The SMILES string of the molecule is CCNN(CC)C(CP(Cl)Cl)C1(C)P=C(C)C(C)=C1C. The van der Waals surface area contributed by atoms with Crippen LogP contribution in [0.2, 0.25) is 0 Å². The first-order chi connectivity index (χ1) is 9.27. The molecule has 0 saturated carbocycles. The Morgan fingerprint density at radius 2 is 1.90 bits per heavy atom. The van der Waals surface area contributed by atoms with Gasteiger partial charge in [0.15, 0.2) is 0 Å². The van der Waals surface area contributed by atoms with Gasteiger partial charge < -0.3 is 0 Å². The van der Waals surface area contributed by atoms with Crippen molar-refractivity contribution < 1.29 is 0 Å². The molecule has 0 bridgehead atoms. The Balaban J connectivity index is 3.17. The van der Waals surface area contributed by atoms with E-state index in [1.807, 2.05) is 0 Å². The lowest BCUT2D eigenvalue weighted by molar-refractivity contribution is 0.131. The standard InChI is InChI=1S/C14H26Cl2N2P2/c1-7-17-18(8-2)13(9-20(15)16)14(6)11(4)10(3)12(5)19-14/h13,17H,7-9H2,1-6H3. The van der Waals surface area contributed by atoms with Crippen LogP contribution in [0.5, 0.6) is 0 Å². The molecule has 0 radical (unpaired) electrons. The van der Waals surface area contributed by atoms with Crippen LogP contribution in [0.3, 0.4) is 0 Å². The number of nitrogens with zero attached hydrogens (tertiary/aromatic N) is 1. The number of hydrazine groups is 1. The Kier molecular flexibility index (Phi) is 7.47. The molecule has 0 aromatic heterocycles. The maximum Gasteiger partial charge on any atom is 0.0871 e. The van der Waals surface area contributed by atoms with Gasteiger partial charge in [0.2, 0.25) is 0 Å². The number of rotatable bonds is 7. The zero-order valence-corrected chi connectivity index (χ0v) is 16.6. The number of halogens is 2. The molecule has 0 spiro atoms. The molecule has 2 nitrogen and oxygen atoms in total. The highest BCUT2D eigenvalue weighted by Crippen LogP contribution is 2.53. The summed E-state index contributed by atoms with van der Waals surface area (Å²) in [5, 5.41) is 3.88. The molecule has 1 N–H and O–H groups in total. The van der Waals surface area contributed by atoms with E-state index >= 15 is 0 Å². The maximum atomic E-state index is 6.18. The van der Waals surface area contributed by atoms with E-state index in [1.165, 1.54) is 24.6 Å². The van der Waals surface area contributed by atoms with E-state index in [-0.39, 0.29) is 5.16 Å². The first-order valence-corrected chi connectivity index (χ1v) is 11.3. The van der Waals surface area contributed by atoms with E-state index in [2.05, 4.69) is 52.0 Å². The molecule has 2 atom stereocenters. The first kappa shape index (κ1) is 18.9. The molecule has 0 aromatic carbocycles. The minimum Gasteiger partial charge on any atom is -0.255 e. The van der Waals surface area contributed by atoms with Crippen LogP contribution in [-0.4, -0.2) is 40.8 Å². The first-order valence-electron chi connectivity index (χ1n) is 7.11. The Morgan fingerprint density at radius 3 is 2.25 bits per heavy atom. The Labute approximate surface area is 136 Å². The van der Waals surface area contributed by atoms with Crippen LogP contribution in [0.4, 0.5) is 0 Å². The average Bonchev–Trinajstić information content (AvgIpc) is 2.58. The van der Waals surface area contributed by atoms with Crippen molar-refractivity contribution in [2.24, 2.45) is 0 Å². The van der Waals surface area contributed by atoms with Gasteiger partial charge in [0.05, 0.1) is 6.63 Å². The van der Waals surface area contributed by atoms with E-state index in [0.29, 0.717) is 6.04 Å². The van der Waals surface area contributed by atoms with Gasteiger partial charge in [0.1, 0.15) is 0 Å². The molecular weight excluding hydrogens is 329 g/mol. The number of nitrogens with one attached hydrogen (secondary N) is 1. The van der Waals surface area contributed by atoms with Crippen molar-refractivity contribution in [1.29, 1.82) is 0 Å². The molecule has 0 fully saturated rings. The van der Waals surface area contributed by atoms with Gasteiger partial charge in [-0.15, -0.1) is 0 Å². The van der Waals surface area contributed by atoms with Crippen molar-refractivity contribution in [1.82, 2.24) is 10.4 Å². The normalized spacial score (nSPS) is 25.6. The average molecular weight is 355 g/mol. The predicted octanol–water partition coefficient (Wildman–Crippen LogP) is 5.24. The lowest BCUT2D eigenvalue weighted by Gasteiger charge is -2.42. The fourth-order valence-corrected chi connectivity index (χ4v) is 6.35. The smallest absolute Gasteiger partial charge is 0.0871 e. The van der Waals surface area contributed by atoms with Crippen LogP contribution < -0.4 is 5.43 Å². The lowest BCUT2D eigenvalue weighted by Crippen LogP contribution is -2.55. The molecule has 0 aromatic rings. The third-order valence-corrected chi connectivity index (χ3v) is 7.52. The predicted molar refractivity (Wildman–Crippen MR) is 97.7 cm³/mol. The summed E-state index contributed by atoms with van der Waals surface area (Å²) in [6.45, 7) is 14.3. The van der Waals surface area contributed by atoms with Crippen LogP contribution in [0, 0.1) is 0 Å². The molecule has 116 valence electrons. The van der Waals surface area contributed by atoms with Crippen molar-refractivity contribution >= 4 is 42.6 Å². The van der Waals surface area contributed by atoms with E-state index in [0.717, 1.165) is 19.3 Å². The second kappa shape index (κ2) is 7.91. The summed E-state index contributed by atoms with van der Waals surface area (Å²) in [5.41, 5.74) is 6.40. The summed E-state index contributed by atoms with van der Waals surface area (Å²) in [5.74, 6) is 0. The molecule has 20 heavy (non-hydrogen) atoms. The van der Waals surface area contributed by atoms with Gasteiger partial charge in [0.25, 0.3) is 0 Å². The third-order valence-electron chi connectivity index (χ3n) is 4.30. The Morgan fingerprint density at radius 1 is 1.30 bits per heavy atom. The zero-order chi connectivity index (χ0) is 15.5. The molecule has 0 saturated heterocycles. The Hall–Kier alpha value is 0.840. The highest BCUT2D eigenvalue weighted by molar-refractivity contribution is 8.03. The van der Waals surface area contributed by atoms with Gasteiger partial charge in [-0.1, -0.05) is 50.1 Å². The van der Waals surface area contributed by atoms with Crippen molar-refractivity contribution in [3.8, 4) is 0 Å². The summed E-state index contributed by atoms with van der Waals surface area (Å²) in [6, 6.07) is 0.322. The molecule has 0 amide bonds. The van der Waals surface area contributed by atoms with Crippen LogP contribution in [0.25, 0.3) is 0 Å². The third kappa shape index (κ3) is 3.97. The molecule has 2 unspecified atom stereocenters. The van der Waals surface area contributed by atoms with Crippen LogP contribution in [0.1, 0.15) is 41.5 Å². The molecule has 1 aliphatic heterocycles. The zero-order valence-electron chi connectivity index (χ0n) is 13.3. The number of allylic oxidation sites excluding steroid dienone is 1. The van der Waals surface area contributed by atoms with Gasteiger partial charge in [-0.25, -0.2) is 5.01 Å². The summed E-state index contributed by atoms with van der Waals surface area (Å²) >= 11 is 12.4. The van der Waals surface area contributed by atoms with Crippen molar-refractivity contribution in [2.45, 2.75) is 52.7 Å². The summed E-state index contributed by atoms with van der Waals surface area (Å²) in [7, 11) is 1.39. The number of hydrogen-bond donors (Lipinski definition) is 1. The molecular formula is C14H26Cl2N2P2. The Bertz CT molecular complexity index is 410.